The van der Waals surface area contributed by atoms with Crippen molar-refractivity contribution in [3.05, 3.63) is 89.0 Å². The van der Waals surface area contributed by atoms with Crippen molar-refractivity contribution < 1.29 is 19.4 Å². The first kappa shape index (κ1) is 25.1. The number of ether oxygens (including phenoxy) is 1. The number of benzene rings is 3. The molecule has 1 aromatic heterocycles. The van der Waals surface area contributed by atoms with Gasteiger partial charge in [-0.1, -0.05) is 35.9 Å². The summed E-state index contributed by atoms with van der Waals surface area (Å²) in [6, 6.07) is 19.5. The second kappa shape index (κ2) is 10.0. The van der Waals surface area contributed by atoms with E-state index in [1.54, 1.807) is 12.1 Å². The quantitative estimate of drug-likeness (QED) is 0.198. The number of aromatic amines is 1. The molecule has 1 fully saturated rings. The second-order valence-electron chi connectivity index (χ2n) is 9.21. The number of H-pyrrole nitrogens is 1. The third kappa shape index (κ3) is 4.18. The van der Waals surface area contributed by atoms with Crippen molar-refractivity contribution in [2.24, 2.45) is 0 Å². The number of aliphatic hydroxyl groups is 1. The molecule has 0 spiro atoms. The number of Topliss-reactive ketones (excluding diaryl/α,β-unsaturated/α-hetero) is 1. The highest BCUT2D eigenvalue weighted by Crippen LogP contribution is 2.43. The summed E-state index contributed by atoms with van der Waals surface area (Å²) in [7, 11) is 1.50. The van der Waals surface area contributed by atoms with Gasteiger partial charge in [0.1, 0.15) is 11.5 Å². The zero-order chi connectivity index (χ0) is 27.0. The molecular weight excluding hydrogens is 480 g/mol. The predicted octanol–water partition coefficient (Wildman–Crippen LogP) is 5.35. The van der Waals surface area contributed by atoms with E-state index in [1.807, 2.05) is 61.5 Å². The number of hydrogen-bond acceptors (Lipinski definition) is 6. The van der Waals surface area contributed by atoms with Crippen LogP contribution in [0, 0.1) is 6.92 Å². The van der Waals surface area contributed by atoms with E-state index >= 15 is 0 Å². The average Bonchev–Trinajstić information content (AvgIpc) is 3.47. The van der Waals surface area contributed by atoms with Crippen molar-refractivity contribution in [3.63, 3.8) is 0 Å². The lowest BCUT2D eigenvalue weighted by atomic mass is 9.94. The van der Waals surface area contributed by atoms with Crippen molar-refractivity contribution in [3.8, 4) is 5.75 Å². The highest BCUT2D eigenvalue weighted by Gasteiger charge is 2.48. The van der Waals surface area contributed by atoms with Gasteiger partial charge >= 0.3 is 5.91 Å². The number of aromatic nitrogens is 2. The van der Waals surface area contributed by atoms with E-state index in [4.69, 9.17) is 4.74 Å². The van der Waals surface area contributed by atoms with Crippen LogP contribution in [0.4, 0.5) is 11.6 Å². The molecule has 0 aliphatic carbocycles. The average molecular weight is 511 g/mol. The summed E-state index contributed by atoms with van der Waals surface area (Å²) in [5, 5.41) is 11.6. The van der Waals surface area contributed by atoms with Crippen molar-refractivity contribution >= 4 is 40.1 Å². The lowest BCUT2D eigenvalue weighted by Crippen LogP contribution is -2.30. The first-order chi connectivity index (χ1) is 18.4. The van der Waals surface area contributed by atoms with E-state index in [2.05, 4.69) is 28.7 Å². The molecule has 1 amide bonds. The van der Waals surface area contributed by atoms with E-state index in [-0.39, 0.29) is 17.3 Å². The monoisotopic (exact) mass is 510 g/mol. The molecule has 8 heteroatoms. The van der Waals surface area contributed by atoms with E-state index in [0.29, 0.717) is 22.4 Å². The molecule has 2 heterocycles. The van der Waals surface area contributed by atoms with Crippen molar-refractivity contribution in [2.45, 2.75) is 26.8 Å². The highest BCUT2D eigenvalue weighted by molar-refractivity contribution is 6.51. The summed E-state index contributed by atoms with van der Waals surface area (Å²) in [5.41, 5.74) is 4.31. The number of amides is 1. The fraction of sp³-hybridized carbons (Fsp3) is 0.233. The van der Waals surface area contributed by atoms with Crippen LogP contribution in [-0.2, 0) is 9.59 Å². The van der Waals surface area contributed by atoms with E-state index < -0.39 is 17.7 Å². The number of carbonyl (C=O) groups excluding carboxylic acids is 2. The number of imidazole rings is 1. The Morgan fingerprint density at radius 1 is 1.05 bits per heavy atom. The van der Waals surface area contributed by atoms with Crippen LogP contribution in [0.1, 0.15) is 36.6 Å². The molecule has 38 heavy (non-hydrogen) atoms. The number of rotatable bonds is 7. The van der Waals surface area contributed by atoms with E-state index in [9.17, 15) is 14.7 Å². The Bertz CT molecular complexity index is 1520. The lowest BCUT2D eigenvalue weighted by molar-refractivity contribution is -0.132. The molecule has 4 aromatic rings. The van der Waals surface area contributed by atoms with Gasteiger partial charge in [0.15, 0.2) is 0 Å². The molecular formula is C30H30N4O4. The number of fused-ring (bicyclic) bond motifs is 1. The largest absolute Gasteiger partial charge is 0.507 e. The summed E-state index contributed by atoms with van der Waals surface area (Å²) >= 11 is 0. The molecule has 0 bridgehead atoms. The van der Waals surface area contributed by atoms with Crippen LogP contribution >= 0.6 is 0 Å². The minimum absolute atomic E-state index is 0.0186. The summed E-state index contributed by atoms with van der Waals surface area (Å²) in [5.74, 6) is -1.21. The summed E-state index contributed by atoms with van der Waals surface area (Å²) in [6.45, 7) is 7.75. The first-order valence-corrected chi connectivity index (χ1v) is 12.6. The summed E-state index contributed by atoms with van der Waals surface area (Å²) < 4.78 is 5.47. The molecule has 1 saturated heterocycles. The number of aliphatic hydroxyl groups excluding tert-OH is 1. The molecule has 5 rings (SSSR count). The van der Waals surface area contributed by atoms with Gasteiger partial charge in [-0.3, -0.25) is 14.5 Å². The van der Waals surface area contributed by atoms with Crippen LogP contribution in [-0.4, -0.2) is 47.0 Å². The Morgan fingerprint density at radius 2 is 1.76 bits per heavy atom. The molecule has 1 unspecified atom stereocenters. The van der Waals surface area contributed by atoms with Crippen LogP contribution in [0.2, 0.25) is 0 Å². The molecule has 1 atom stereocenters. The van der Waals surface area contributed by atoms with Gasteiger partial charge in [0, 0.05) is 18.8 Å². The molecule has 1 aliphatic rings. The van der Waals surface area contributed by atoms with Crippen molar-refractivity contribution in [1.29, 1.82) is 0 Å². The van der Waals surface area contributed by atoms with Crippen LogP contribution < -0.4 is 14.5 Å². The number of nitrogens with one attached hydrogen (secondary N) is 1. The van der Waals surface area contributed by atoms with Gasteiger partial charge in [0.2, 0.25) is 5.95 Å². The minimum atomic E-state index is -0.897. The fourth-order valence-corrected chi connectivity index (χ4v) is 5.03. The van der Waals surface area contributed by atoms with Crippen LogP contribution in [0.5, 0.6) is 5.75 Å². The zero-order valence-electron chi connectivity index (χ0n) is 21.9. The van der Waals surface area contributed by atoms with E-state index in [0.717, 1.165) is 29.9 Å². The van der Waals surface area contributed by atoms with Gasteiger partial charge in [-0.05, 0) is 62.7 Å². The zero-order valence-corrected chi connectivity index (χ0v) is 21.9. The smallest absolute Gasteiger partial charge is 0.302 e. The maximum absolute atomic E-state index is 13.6. The number of nitrogens with zero attached hydrogens (tertiary/aromatic N) is 3. The van der Waals surface area contributed by atoms with E-state index in [1.165, 1.54) is 12.0 Å². The predicted molar refractivity (Wildman–Crippen MR) is 149 cm³/mol. The van der Waals surface area contributed by atoms with Gasteiger partial charge < -0.3 is 19.7 Å². The molecule has 194 valence electrons. The Hall–Kier alpha value is -4.59. The second-order valence-corrected chi connectivity index (χ2v) is 9.21. The summed E-state index contributed by atoms with van der Waals surface area (Å²) in [6.07, 6.45) is 0. The molecule has 0 radical (unpaired) electrons. The van der Waals surface area contributed by atoms with Gasteiger partial charge in [0.05, 0.1) is 35.3 Å². The van der Waals surface area contributed by atoms with Crippen molar-refractivity contribution in [1.82, 2.24) is 9.97 Å². The number of carbonyl (C=O) groups is 2. The minimum Gasteiger partial charge on any atom is -0.507 e. The Kier molecular flexibility index (Phi) is 6.63. The third-order valence-electron chi connectivity index (χ3n) is 7.00. The first-order valence-electron chi connectivity index (χ1n) is 12.6. The Balaban J connectivity index is 1.72. The standard InChI is InChI=1S/C30H30N4O4/c1-5-33(6-2)20-14-12-19(13-15-20)26-25(27(35)21-17-18(3)11-16-24(21)38-4)28(36)29(37)34(26)30-31-22-9-7-8-10-23(22)32-30/h7-17,26,35H,5-6H2,1-4H3,(H,31,32)/b27-25+. The molecule has 0 saturated carbocycles. The van der Waals surface area contributed by atoms with Gasteiger partial charge in [-0.15, -0.1) is 0 Å². The Labute approximate surface area is 221 Å². The van der Waals surface area contributed by atoms with Gasteiger partial charge in [0.25, 0.3) is 5.78 Å². The molecule has 3 aromatic carbocycles. The number of aryl methyl sites for hydroxylation is 1. The highest BCUT2D eigenvalue weighted by atomic mass is 16.5. The normalized spacial score (nSPS) is 16.8. The summed E-state index contributed by atoms with van der Waals surface area (Å²) in [4.78, 5) is 38.4. The molecule has 8 nitrogen and oxygen atoms in total. The maximum Gasteiger partial charge on any atom is 0.302 e. The van der Waals surface area contributed by atoms with Crippen molar-refractivity contribution in [2.75, 3.05) is 30.0 Å². The molecule has 1 aliphatic heterocycles. The fourth-order valence-electron chi connectivity index (χ4n) is 5.03. The topological polar surface area (TPSA) is 98.8 Å². The van der Waals surface area contributed by atoms with Crippen LogP contribution in [0.15, 0.2) is 72.3 Å². The Morgan fingerprint density at radius 3 is 2.42 bits per heavy atom. The SMILES string of the molecule is CCN(CC)c1ccc(C2/C(=C(\O)c3cc(C)ccc3OC)C(=O)C(=O)N2c2nc3ccccc3[nH]2)cc1. The number of ketones is 1. The number of anilines is 2. The third-order valence-corrected chi connectivity index (χ3v) is 7.00. The number of methoxy groups -OCH3 is 1. The molecule has 2 N–H and O–H groups in total. The lowest BCUT2D eigenvalue weighted by Gasteiger charge is -2.25. The van der Waals surface area contributed by atoms with Crippen LogP contribution in [0.25, 0.3) is 16.8 Å². The number of para-hydroxylation sites is 2. The maximum atomic E-state index is 13.6. The number of hydrogen-bond donors (Lipinski definition) is 2. The van der Waals surface area contributed by atoms with Crippen LogP contribution in [0.3, 0.4) is 0 Å². The van der Waals surface area contributed by atoms with Gasteiger partial charge in [-0.25, -0.2) is 4.98 Å². The van der Waals surface area contributed by atoms with Gasteiger partial charge in [-0.2, -0.15) is 0 Å².